The molecule has 20 heavy (non-hydrogen) atoms. The largest absolute Gasteiger partial charge is 0.465 e. The highest BCUT2D eigenvalue weighted by molar-refractivity contribution is 6.31. The molecule has 0 radical (unpaired) electrons. The molecule has 0 amide bonds. The summed E-state index contributed by atoms with van der Waals surface area (Å²) in [6.07, 6.45) is 0. The number of benzene rings is 2. The van der Waals surface area contributed by atoms with E-state index in [4.69, 9.17) is 22.1 Å². The van der Waals surface area contributed by atoms with Crippen LogP contribution in [-0.4, -0.2) is 13.1 Å². The summed E-state index contributed by atoms with van der Waals surface area (Å²) >= 11 is 5.85. The summed E-state index contributed by atoms with van der Waals surface area (Å²) < 4.78 is 23.4. The van der Waals surface area contributed by atoms with E-state index < -0.39 is 11.8 Å². The average Bonchev–Trinajstić information content (AvgIpc) is 2.37. The predicted octanol–water partition coefficient (Wildman–Crippen LogP) is 3.64. The lowest BCUT2D eigenvalue weighted by atomic mass is 10.2. The Morgan fingerprint density at radius 3 is 2.65 bits per heavy atom. The summed E-state index contributed by atoms with van der Waals surface area (Å²) in [4.78, 5) is 11.6. The Balaban J connectivity index is 2.41. The molecule has 2 aromatic carbocycles. The van der Waals surface area contributed by atoms with Gasteiger partial charge in [-0.15, -0.1) is 0 Å². The van der Waals surface area contributed by atoms with E-state index in [-0.39, 0.29) is 11.3 Å². The van der Waals surface area contributed by atoms with Gasteiger partial charge in [0.2, 0.25) is 0 Å². The van der Waals surface area contributed by atoms with Crippen LogP contribution in [0.15, 0.2) is 36.4 Å². The minimum absolute atomic E-state index is 0.0264. The van der Waals surface area contributed by atoms with Gasteiger partial charge in [-0.2, -0.15) is 0 Å². The van der Waals surface area contributed by atoms with Gasteiger partial charge in [0.25, 0.3) is 0 Å². The number of nitrogen functional groups attached to an aromatic ring is 1. The van der Waals surface area contributed by atoms with Crippen molar-refractivity contribution in [1.29, 1.82) is 0 Å². The fourth-order valence-electron chi connectivity index (χ4n) is 1.63. The Labute approximate surface area is 119 Å². The number of halogens is 2. The van der Waals surface area contributed by atoms with Crippen molar-refractivity contribution in [2.75, 3.05) is 12.8 Å². The summed E-state index contributed by atoms with van der Waals surface area (Å²) in [5.74, 6) is -0.845. The molecule has 0 aromatic heterocycles. The molecular weight excluding hydrogens is 285 g/mol. The van der Waals surface area contributed by atoms with Crippen molar-refractivity contribution in [3.63, 3.8) is 0 Å². The number of anilines is 1. The average molecular weight is 296 g/mol. The van der Waals surface area contributed by atoms with Crippen LogP contribution >= 0.6 is 11.6 Å². The van der Waals surface area contributed by atoms with E-state index in [0.29, 0.717) is 16.5 Å². The van der Waals surface area contributed by atoms with Gasteiger partial charge in [0.15, 0.2) is 0 Å². The molecule has 0 atom stereocenters. The van der Waals surface area contributed by atoms with Gasteiger partial charge in [0, 0.05) is 22.8 Å². The fraction of sp³-hybridized carbons (Fsp3) is 0.0714. The summed E-state index contributed by atoms with van der Waals surface area (Å²) in [5.41, 5.74) is 6.13. The van der Waals surface area contributed by atoms with Gasteiger partial charge in [0.05, 0.1) is 7.11 Å². The lowest BCUT2D eigenvalue weighted by molar-refractivity contribution is 0.0598. The van der Waals surface area contributed by atoms with Gasteiger partial charge >= 0.3 is 5.97 Å². The zero-order valence-corrected chi connectivity index (χ0v) is 11.3. The third-order valence-corrected chi connectivity index (χ3v) is 2.69. The second-order valence-electron chi connectivity index (χ2n) is 3.95. The topological polar surface area (TPSA) is 61.5 Å². The zero-order chi connectivity index (χ0) is 14.7. The van der Waals surface area contributed by atoms with Crippen molar-refractivity contribution in [1.82, 2.24) is 0 Å². The monoisotopic (exact) mass is 295 g/mol. The molecule has 0 heterocycles. The number of esters is 1. The van der Waals surface area contributed by atoms with Crippen LogP contribution in [0.1, 0.15) is 10.4 Å². The third-order valence-electron chi connectivity index (χ3n) is 2.47. The standard InChI is InChI=1S/C14H11ClFNO3/c1-19-14(18)12-3-2-9(16)6-13(12)20-11-5-8(15)4-10(17)7-11/h2-7H,17H2,1H3. The highest BCUT2D eigenvalue weighted by atomic mass is 35.5. The lowest BCUT2D eigenvalue weighted by Crippen LogP contribution is -2.04. The van der Waals surface area contributed by atoms with E-state index in [9.17, 15) is 9.18 Å². The van der Waals surface area contributed by atoms with E-state index in [0.717, 1.165) is 12.1 Å². The summed E-state index contributed by atoms with van der Waals surface area (Å²) in [6.45, 7) is 0. The number of methoxy groups -OCH3 is 1. The number of carbonyl (C=O) groups is 1. The zero-order valence-electron chi connectivity index (χ0n) is 10.5. The molecule has 6 heteroatoms. The van der Waals surface area contributed by atoms with Crippen molar-refractivity contribution >= 4 is 23.3 Å². The van der Waals surface area contributed by atoms with E-state index >= 15 is 0 Å². The van der Waals surface area contributed by atoms with Gasteiger partial charge < -0.3 is 15.2 Å². The highest BCUT2D eigenvalue weighted by Gasteiger charge is 2.15. The number of nitrogens with two attached hydrogens (primary N) is 1. The molecule has 0 bridgehead atoms. The Morgan fingerprint density at radius 1 is 1.25 bits per heavy atom. The van der Waals surface area contributed by atoms with Crippen molar-refractivity contribution in [3.8, 4) is 11.5 Å². The van der Waals surface area contributed by atoms with Crippen LogP contribution in [0.4, 0.5) is 10.1 Å². The van der Waals surface area contributed by atoms with Crippen LogP contribution in [-0.2, 0) is 4.74 Å². The lowest BCUT2D eigenvalue weighted by Gasteiger charge is -2.11. The van der Waals surface area contributed by atoms with Crippen LogP contribution in [0.3, 0.4) is 0 Å². The Bertz CT molecular complexity index is 641. The Hall–Kier alpha value is -2.27. The molecule has 2 N–H and O–H groups in total. The molecule has 0 saturated carbocycles. The highest BCUT2D eigenvalue weighted by Crippen LogP contribution is 2.30. The quantitative estimate of drug-likeness (QED) is 0.693. The third kappa shape index (κ3) is 3.19. The maximum atomic E-state index is 13.3. The maximum Gasteiger partial charge on any atom is 0.341 e. The normalized spacial score (nSPS) is 10.2. The molecular formula is C14H11ClFNO3. The predicted molar refractivity (Wildman–Crippen MR) is 73.7 cm³/mol. The van der Waals surface area contributed by atoms with Gasteiger partial charge in [-0.05, 0) is 24.3 Å². The number of hydrogen-bond acceptors (Lipinski definition) is 4. The van der Waals surface area contributed by atoms with Gasteiger partial charge in [0.1, 0.15) is 22.9 Å². The number of hydrogen-bond donors (Lipinski definition) is 1. The van der Waals surface area contributed by atoms with Crippen molar-refractivity contribution in [3.05, 3.63) is 52.8 Å². The first-order valence-corrected chi connectivity index (χ1v) is 5.99. The molecule has 4 nitrogen and oxygen atoms in total. The fourth-order valence-corrected chi connectivity index (χ4v) is 1.86. The smallest absolute Gasteiger partial charge is 0.341 e. The molecule has 0 aliphatic heterocycles. The Kier molecular flexibility index (Phi) is 4.10. The van der Waals surface area contributed by atoms with E-state index in [1.54, 1.807) is 6.07 Å². The Morgan fingerprint density at radius 2 is 2.00 bits per heavy atom. The molecule has 2 aromatic rings. The van der Waals surface area contributed by atoms with Gasteiger partial charge in [-0.25, -0.2) is 9.18 Å². The van der Waals surface area contributed by atoms with Crippen LogP contribution in [0.25, 0.3) is 0 Å². The van der Waals surface area contributed by atoms with Crippen LogP contribution in [0.5, 0.6) is 11.5 Å². The first kappa shape index (κ1) is 14.1. The molecule has 104 valence electrons. The van der Waals surface area contributed by atoms with Crippen molar-refractivity contribution in [2.24, 2.45) is 0 Å². The molecule has 0 aliphatic carbocycles. The van der Waals surface area contributed by atoms with Crippen LogP contribution in [0.2, 0.25) is 5.02 Å². The second kappa shape index (κ2) is 5.79. The molecule has 0 fully saturated rings. The van der Waals surface area contributed by atoms with E-state index in [1.807, 2.05) is 0 Å². The molecule has 0 unspecified atom stereocenters. The minimum Gasteiger partial charge on any atom is -0.465 e. The maximum absolute atomic E-state index is 13.3. The van der Waals surface area contributed by atoms with Crippen molar-refractivity contribution < 1.29 is 18.7 Å². The minimum atomic E-state index is -0.630. The summed E-state index contributed by atoms with van der Waals surface area (Å²) in [7, 11) is 1.23. The SMILES string of the molecule is COC(=O)c1ccc(F)cc1Oc1cc(N)cc(Cl)c1. The number of rotatable bonds is 3. The first-order chi connectivity index (χ1) is 9.49. The summed E-state index contributed by atoms with van der Waals surface area (Å²) in [5, 5.41) is 0.371. The van der Waals surface area contributed by atoms with Crippen molar-refractivity contribution in [2.45, 2.75) is 0 Å². The van der Waals surface area contributed by atoms with E-state index in [1.165, 1.54) is 25.3 Å². The molecule has 0 spiro atoms. The molecule has 2 rings (SSSR count). The van der Waals surface area contributed by atoms with Crippen LogP contribution in [0, 0.1) is 5.82 Å². The molecule has 0 aliphatic rings. The second-order valence-corrected chi connectivity index (χ2v) is 4.39. The van der Waals surface area contributed by atoms with Gasteiger partial charge in [-0.3, -0.25) is 0 Å². The van der Waals surface area contributed by atoms with E-state index in [2.05, 4.69) is 4.74 Å². The number of carbonyl (C=O) groups excluding carboxylic acids is 1. The number of ether oxygens (including phenoxy) is 2. The van der Waals surface area contributed by atoms with Crippen LogP contribution < -0.4 is 10.5 Å². The molecule has 0 saturated heterocycles. The van der Waals surface area contributed by atoms with Gasteiger partial charge in [-0.1, -0.05) is 11.6 Å². The first-order valence-electron chi connectivity index (χ1n) is 5.61. The summed E-state index contributed by atoms with van der Waals surface area (Å²) in [6, 6.07) is 8.07.